The Kier molecular flexibility index (Phi) is 4.50. The molecular formula is C17H10ClN3O4S. The Morgan fingerprint density at radius 1 is 1.23 bits per heavy atom. The van der Waals surface area contributed by atoms with Crippen molar-refractivity contribution in [2.24, 2.45) is 0 Å². The number of benzene rings is 2. The first-order chi connectivity index (χ1) is 12.3. The van der Waals surface area contributed by atoms with Crippen molar-refractivity contribution >= 4 is 44.1 Å². The summed E-state index contributed by atoms with van der Waals surface area (Å²) in [5, 5.41) is 21.1. The van der Waals surface area contributed by atoms with Gasteiger partial charge >= 0.3 is 0 Å². The molecule has 26 heavy (non-hydrogen) atoms. The highest BCUT2D eigenvalue weighted by Gasteiger charge is 2.21. The maximum Gasteiger partial charge on any atom is 0.270 e. The fourth-order valence-electron chi connectivity index (χ4n) is 2.42. The third-order valence-corrected chi connectivity index (χ3v) is 5.65. The van der Waals surface area contributed by atoms with Crippen molar-refractivity contribution in [2.75, 3.05) is 0 Å². The first-order valence-electron chi connectivity index (χ1n) is 7.21. The standard InChI is InChI=1S/C17H10ClN3O4S/c18-12-1-4-14(5-2-12)26(24,25)15(9-19)7-11-10-20-17-6-3-13(21(22)23)8-16(11)17/h1-8,10,20H. The van der Waals surface area contributed by atoms with Crippen LogP contribution < -0.4 is 0 Å². The summed E-state index contributed by atoms with van der Waals surface area (Å²) in [6.07, 6.45) is 2.68. The number of nitrogens with zero attached hydrogens (tertiary/aromatic N) is 2. The van der Waals surface area contributed by atoms with Gasteiger partial charge in [0.25, 0.3) is 5.69 Å². The molecule has 7 nitrogen and oxygen atoms in total. The lowest BCUT2D eigenvalue weighted by atomic mass is 10.1. The van der Waals surface area contributed by atoms with E-state index in [-0.39, 0.29) is 10.6 Å². The molecule has 3 aromatic rings. The second-order valence-electron chi connectivity index (χ2n) is 5.31. The van der Waals surface area contributed by atoms with Crippen LogP contribution >= 0.6 is 11.6 Å². The van der Waals surface area contributed by atoms with Crippen LogP contribution in [0.15, 0.2) is 58.5 Å². The summed E-state index contributed by atoms with van der Waals surface area (Å²) < 4.78 is 25.3. The van der Waals surface area contributed by atoms with Gasteiger partial charge in [-0.2, -0.15) is 5.26 Å². The van der Waals surface area contributed by atoms with E-state index in [9.17, 15) is 23.8 Å². The Morgan fingerprint density at radius 3 is 2.54 bits per heavy atom. The largest absolute Gasteiger partial charge is 0.361 e. The molecular weight excluding hydrogens is 378 g/mol. The molecule has 3 rings (SSSR count). The summed E-state index contributed by atoms with van der Waals surface area (Å²) in [7, 11) is -4.05. The number of non-ortho nitro benzene ring substituents is 1. The van der Waals surface area contributed by atoms with Gasteiger partial charge in [0.15, 0.2) is 0 Å². The number of sulfone groups is 1. The monoisotopic (exact) mass is 387 g/mol. The first-order valence-corrected chi connectivity index (χ1v) is 9.07. The summed E-state index contributed by atoms with van der Waals surface area (Å²) in [6.45, 7) is 0. The van der Waals surface area contributed by atoms with Gasteiger partial charge in [0.1, 0.15) is 11.0 Å². The average molecular weight is 388 g/mol. The summed E-state index contributed by atoms with van der Waals surface area (Å²) >= 11 is 5.76. The van der Waals surface area contributed by atoms with Crippen LogP contribution in [0.1, 0.15) is 5.56 Å². The fraction of sp³-hybridized carbons (Fsp3) is 0. The minimum Gasteiger partial charge on any atom is -0.361 e. The maximum atomic E-state index is 12.7. The number of aromatic amines is 1. The van der Waals surface area contributed by atoms with Gasteiger partial charge in [-0.3, -0.25) is 10.1 Å². The number of fused-ring (bicyclic) bond motifs is 1. The maximum absolute atomic E-state index is 12.7. The fourth-order valence-corrected chi connectivity index (χ4v) is 3.69. The number of halogens is 1. The van der Waals surface area contributed by atoms with E-state index in [1.807, 2.05) is 0 Å². The Morgan fingerprint density at radius 2 is 1.92 bits per heavy atom. The van der Waals surface area contributed by atoms with Crippen LogP contribution in [0.4, 0.5) is 5.69 Å². The molecule has 0 bridgehead atoms. The molecule has 130 valence electrons. The minimum absolute atomic E-state index is 0.0690. The number of allylic oxidation sites excluding steroid dienone is 1. The Hall–Kier alpha value is -3.15. The third kappa shape index (κ3) is 3.18. The van der Waals surface area contributed by atoms with Crippen molar-refractivity contribution in [1.29, 1.82) is 5.26 Å². The lowest BCUT2D eigenvalue weighted by molar-refractivity contribution is -0.384. The number of nitriles is 1. The third-order valence-electron chi connectivity index (χ3n) is 3.72. The van der Waals surface area contributed by atoms with Gasteiger partial charge in [0.05, 0.1) is 9.82 Å². The number of H-pyrrole nitrogens is 1. The average Bonchev–Trinajstić information content (AvgIpc) is 3.01. The van der Waals surface area contributed by atoms with Crippen molar-refractivity contribution < 1.29 is 13.3 Å². The summed E-state index contributed by atoms with van der Waals surface area (Å²) in [5.74, 6) is 0. The number of rotatable bonds is 4. The Bertz CT molecular complexity index is 1190. The molecule has 0 aliphatic rings. The molecule has 0 fully saturated rings. The molecule has 0 aliphatic carbocycles. The van der Waals surface area contributed by atoms with E-state index >= 15 is 0 Å². The zero-order chi connectivity index (χ0) is 18.9. The van der Waals surface area contributed by atoms with Crippen LogP contribution in [0.3, 0.4) is 0 Å². The highest BCUT2D eigenvalue weighted by molar-refractivity contribution is 7.95. The molecule has 0 spiro atoms. The number of nitro groups is 1. The molecule has 2 aromatic carbocycles. The molecule has 1 aromatic heterocycles. The van der Waals surface area contributed by atoms with E-state index in [2.05, 4.69) is 4.98 Å². The van der Waals surface area contributed by atoms with Crippen molar-refractivity contribution in [3.63, 3.8) is 0 Å². The predicted molar refractivity (Wildman–Crippen MR) is 97.2 cm³/mol. The van der Waals surface area contributed by atoms with Crippen LogP contribution in [0.25, 0.3) is 17.0 Å². The number of hydrogen-bond acceptors (Lipinski definition) is 5. The second kappa shape index (κ2) is 6.63. The number of nitrogens with one attached hydrogen (secondary N) is 1. The highest BCUT2D eigenvalue weighted by atomic mass is 35.5. The van der Waals surface area contributed by atoms with Gasteiger partial charge < -0.3 is 4.98 Å². The SMILES string of the molecule is N#CC(=Cc1c[nH]c2ccc([N+](=O)[O-])cc12)S(=O)(=O)c1ccc(Cl)cc1. The highest BCUT2D eigenvalue weighted by Crippen LogP contribution is 2.28. The summed E-state index contributed by atoms with van der Waals surface area (Å²) in [4.78, 5) is 12.7. The van der Waals surface area contributed by atoms with Crippen molar-refractivity contribution in [2.45, 2.75) is 4.90 Å². The quantitative estimate of drug-likeness (QED) is 0.411. The van der Waals surface area contributed by atoms with E-state index < -0.39 is 19.7 Å². The number of hydrogen-bond donors (Lipinski definition) is 1. The molecule has 1 N–H and O–H groups in total. The zero-order valence-corrected chi connectivity index (χ0v) is 14.6. The van der Waals surface area contributed by atoms with Gasteiger partial charge in [0.2, 0.25) is 9.84 Å². The van der Waals surface area contributed by atoms with Crippen LogP contribution in [-0.4, -0.2) is 18.3 Å². The van der Waals surface area contributed by atoms with Gasteiger partial charge in [-0.1, -0.05) is 11.6 Å². The van der Waals surface area contributed by atoms with Crippen LogP contribution in [0.5, 0.6) is 0 Å². The van der Waals surface area contributed by atoms with Crippen molar-refractivity contribution in [1.82, 2.24) is 4.98 Å². The van der Waals surface area contributed by atoms with Crippen LogP contribution in [-0.2, 0) is 9.84 Å². The van der Waals surface area contributed by atoms with E-state index in [0.717, 1.165) is 0 Å². The van der Waals surface area contributed by atoms with Gasteiger partial charge in [-0.15, -0.1) is 0 Å². The molecule has 0 saturated carbocycles. The van der Waals surface area contributed by atoms with E-state index in [1.54, 1.807) is 6.07 Å². The summed E-state index contributed by atoms with van der Waals surface area (Å²) in [5.41, 5.74) is 0.812. The van der Waals surface area contributed by atoms with Crippen LogP contribution in [0.2, 0.25) is 5.02 Å². The minimum atomic E-state index is -4.05. The smallest absolute Gasteiger partial charge is 0.270 e. The van der Waals surface area contributed by atoms with Crippen molar-refractivity contribution in [3.8, 4) is 6.07 Å². The number of aromatic nitrogens is 1. The zero-order valence-electron chi connectivity index (χ0n) is 13.0. The molecule has 9 heteroatoms. The van der Waals surface area contributed by atoms with Gasteiger partial charge in [-0.25, -0.2) is 8.42 Å². The van der Waals surface area contributed by atoms with E-state index in [1.165, 1.54) is 54.7 Å². The lowest BCUT2D eigenvalue weighted by Gasteiger charge is -2.03. The van der Waals surface area contributed by atoms with E-state index in [4.69, 9.17) is 11.6 Å². The normalized spacial score (nSPS) is 12.1. The molecule has 1 heterocycles. The topological polar surface area (TPSA) is 117 Å². The van der Waals surface area contributed by atoms with Gasteiger partial charge in [0, 0.05) is 39.8 Å². The predicted octanol–water partition coefficient (Wildman–Crippen LogP) is 4.07. The lowest BCUT2D eigenvalue weighted by Crippen LogP contribution is -2.03. The second-order valence-corrected chi connectivity index (χ2v) is 7.66. The Balaban J connectivity index is 2.14. The molecule has 0 amide bonds. The van der Waals surface area contributed by atoms with Crippen molar-refractivity contribution in [3.05, 3.63) is 74.3 Å². The number of nitro benzene ring substituents is 1. The molecule has 0 unspecified atom stereocenters. The summed E-state index contributed by atoms with van der Waals surface area (Å²) in [6, 6.07) is 11.3. The first kappa shape index (κ1) is 17.7. The molecule has 0 aliphatic heterocycles. The Labute approximate surface area is 153 Å². The van der Waals surface area contributed by atoms with Gasteiger partial charge in [-0.05, 0) is 36.4 Å². The van der Waals surface area contributed by atoms with Crippen LogP contribution in [0, 0.1) is 21.4 Å². The van der Waals surface area contributed by atoms with E-state index in [0.29, 0.717) is 21.5 Å². The molecule has 0 saturated heterocycles. The molecule has 0 atom stereocenters. The molecule has 0 radical (unpaired) electrons.